The molecule has 3 atom stereocenters. The highest BCUT2D eigenvalue weighted by Gasteiger charge is 2.45. The quantitative estimate of drug-likeness (QED) is 0.634. The summed E-state index contributed by atoms with van der Waals surface area (Å²) in [4.78, 5) is 0. The Balaban J connectivity index is 1.73. The Morgan fingerprint density at radius 1 is 1.28 bits per heavy atom. The van der Waals surface area contributed by atoms with Crippen LogP contribution in [0.15, 0.2) is 35.5 Å². The number of hydrogen-bond acceptors (Lipinski definition) is 4. The van der Waals surface area contributed by atoms with E-state index in [0.29, 0.717) is 11.8 Å². The smallest absolute Gasteiger partial charge is 0.0791 e. The molecule has 0 heterocycles. The number of benzene rings is 1. The minimum atomic E-state index is 0.193. The maximum atomic E-state index is 9.17. The van der Waals surface area contributed by atoms with Gasteiger partial charge in [-0.2, -0.15) is 0 Å². The number of oxime groups is 1. The van der Waals surface area contributed by atoms with Gasteiger partial charge in [0.15, 0.2) is 0 Å². The van der Waals surface area contributed by atoms with Gasteiger partial charge < -0.3 is 10.2 Å². The van der Waals surface area contributed by atoms with Crippen molar-refractivity contribution in [1.29, 1.82) is 0 Å². The van der Waals surface area contributed by atoms with Crippen LogP contribution in [0.3, 0.4) is 0 Å². The Morgan fingerprint density at radius 2 is 2.06 bits per heavy atom. The van der Waals surface area contributed by atoms with E-state index in [4.69, 9.17) is 0 Å². The minimum Gasteiger partial charge on any atom is -0.411 e. The molecule has 4 nitrogen and oxygen atoms in total. The van der Waals surface area contributed by atoms with Crippen LogP contribution in [0.4, 0.5) is 5.69 Å². The second kappa shape index (κ2) is 4.61. The highest BCUT2D eigenvalue weighted by Crippen LogP contribution is 2.43. The van der Waals surface area contributed by atoms with Crippen molar-refractivity contribution in [2.75, 3.05) is 12.1 Å². The second-order valence-corrected chi connectivity index (χ2v) is 5.30. The molecule has 1 aromatic carbocycles. The van der Waals surface area contributed by atoms with Crippen molar-refractivity contribution in [2.24, 2.45) is 17.0 Å². The number of anilines is 1. The molecule has 18 heavy (non-hydrogen) atoms. The summed E-state index contributed by atoms with van der Waals surface area (Å²) in [6.07, 6.45) is 3.58. The number of nitrogens with zero attached hydrogens (tertiary/aromatic N) is 2. The van der Waals surface area contributed by atoms with Gasteiger partial charge in [-0.25, -0.2) is 5.43 Å². The average Bonchev–Trinajstić information content (AvgIpc) is 3.00. The van der Waals surface area contributed by atoms with Crippen LogP contribution in [0.2, 0.25) is 0 Å². The predicted molar refractivity (Wildman–Crippen MR) is 71.8 cm³/mol. The van der Waals surface area contributed by atoms with Gasteiger partial charge in [-0.15, -0.1) is 0 Å². The molecule has 2 fully saturated rings. The van der Waals surface area contributed by atoms with Crippen molar-refractivity contribution in [1.82, 2.24) is 5.43 Å². The first-order chi connectivity index (χ1) is 8.79. The second-order valence-electron chi connectivity index (χ2n) is 5.30. The fourth-order valence-electron chi connectivity index (χ4n) is 3.33. The summed E-state index contributed by atoms with van der Waals surface area (Å²) in [6, 6.07) is 10.4. The summed E-state index contributed by atoms with van der Waals surface area (Å²) in [6.45, 7) is 0. The molecule has 2 aliphatic rings. The number of hydrogen-bond donors (Lipinski definition) is 2. The number of para-hydroxylation sites is 1. The molecule has 2 saturated carbocycles. The van der Waals surface area contributed by atoms with E-state index < -0.39 is 0 Å². The molecule has 2 bridgehead atoms. The molecular formula is C14H19N3O. The van der Waals surface area contributed by atoms with E-state index in [1.807, 2.05) is 30.3 Å². The van der Waals surface area contributed by atoms with Crippen molar-refractivity contribution in [3.05, 3.63) is 30.3 Å². The monoisotopic (exact) mass is 245 g/mol. The lowest BCUT2D eigenvalue weighted by Crippen LogP contribution is -2.49. The molecule has 96 valence electrons. The van der Waals surface area contributed by atoms with E-state index >= 15 is 0 Å². The van der Waals surface area contributed by atoms with Crippen LogP contribution in [0.25, 0.3) is 0 Å². The van der Waals surface area contributed by atoms with Gasteiger partial charge in [0, 0.05) is 13.0 Å². The molecular weight excluding hydrogens is 226 g/mol. The first-order valence-corrected chi connectivity index (χ1v) is 6.56. The van der Waals surface area contributed by atoms with Gasteiger partial charge in [-0.05, 0) is 37.3 Å². The number of hydrazine groups is 1. The van der Waals surface area contributed by atoms with Gasteiger partial charge in [0.05, 0.1) is 17.4 Å². The largest absolute Gasteiger partial charge is 0.411 e. The average molecular weight is 245 g/mol. The lowest BCUT2D eigenvalue weighted by molar-refractivity contribution is 0.309. The van der Waals surface area contributed by atoms with Crippen molar-refractivity contribution in [3.8, 4) is 0 Å². The van der Waals surface area contributed by atoms with E-state index in [9.17, 15) is 5.21 Å². The van der Waals surface area contributed by atoms with Crippen LogP contribution in [-0.2, 0) is 0 Å². The SMILES string of the molecule is CN(N[C@@H]1/C(=N/O)[C@H]2CC[C@@H]1C2)c1ccccc1. The molecule has 0 saturated heterocycles. The number of nitrogens with one attached hydrogen (secondary N) is 1. The molecule has 0 spiro atoms. The Kier molecular flexibility index (Phi) is 2.96. The summed E-state index contributed by atoms with van der Waals surface area (Å²) in [5.74, 6) is 1.11. The van der Waals surface area contributed by atoms with Gasteiger partial charge in [-0.3, -0.25) is 0 Å². The van der Waals surface area contributed by atoms with Crippen LogP contribution in [0, 0.1) is 11.8 Å². The standard InChI is InChI=1S/C14H19N3O/c1-17(12-5-3-2-4-6-12)15-13-10-7-8-11(9-10)14(13)16-18/h2-6,10-11,13,15,18H,7-9H2,1H3/b16-14+/t10-,11+,13+/m1/s1. The van der Waals surface area contributed by atoms with Crippen molar-refractivity contribution >= 4 is 11.4 Å². The van der Waals surface area contributed by atoms with Gasteiger partial charge in [-0.1, -0.05) is 23.4 Å². The predicted octanol–water partition coefficient (Wildman–Crippen LogP) is 2.26. The fourth-order valence-corrected chi connectivity index (χ4v) is 3.33. The third-order valence-electron chi connectivity index (χ3n) is 4.27. The van der Waals surface area contributed by atoms with Gasteiger partial charge in [0.1, 0.15) is 0 Å². The van der Waals surface area contributed by atoms with Crippen molar-refractivity contribution < 1.29 is 5.21 Å². The molecule has 0 radical (unpaired) electrons. The lowest BCUT2D eigenvalue weighted by Gasteiger charge is -2.30. The van der Waals surface area contributed by atoms with Crippen LogP contribution in [0.5, 0.6) is 0 Å². The minimum absolute atomic E-state index is 0.193. The summed E-state index contributed by atoms with van der Waals surface area (Å²) in [5, 5.41) is 14.7. The van der Waals surface area contributed by atoms with Crippen LogP contribution in [-0.4, -0.2) is 24.0 Å². The topological polar surface area (TPSA) is 47.9 Å². The Labute approximate surface area is 107 Å². The molecule has 0 amide bonds. The summed E-state index contributed by atoms with van der Waals surface area (Å²) < 4.78 is 0. The third kappa shape index (κ3) is 1.86. The van der Waals surface area contributed by atoms with Crippen molar-refractivity contribution in [2.45, 2.75) is 25.3 Å². The molecule has 1 aromatic rings. The van der Waals surface area contributed by atoms with E-state index in [2.05, 4.69) is 22.7 Å². The van der Waals surface area contributed by atoms with Gasteiger partial charge in [0.25, 0.3) is 0 Å². The van der Waals surface area contributed by atoms with Gasteiger partial charge in [0.2, 0.25) is 0 Å². The molecule has 0 unspecified atom stereocenters. The molecule has 2 aliphatic carbocycles. The fraction of sp³-hybridized carbons (Fsp3) is 0.500. The highest BCUT2D eigenvalue weighted by atomic mass is 16.4. The Bertz CT molecular complexity index is 446. The van der Waals surface area contributed by atoms with E-state index in [1.54, 1.807) is 0 Å². The Morgan fingerprint density at radius 3 is 2.78 bits per heavy atom. The van der Waals surface area contributed by atoms with Crippen molar-refractivity contribution in [3.63, 3.8) is 0 Å². The first-order valence-electron chi connectivity index (χ1n) is 6.56. The highest BCUT2D eigenvalue weighted by molar-refractivity contribution is 5.94. The lowest BCUT2D eigenvalue weighted by atomic mass is 9.94. The normalized spacial score (nSPS) is 32.1. The van der Waals surface area contributed by atoms with E-state index in [1.165, 1.54) is 19.3 Å². The molecule has 3 rings (SSSR count). The Hall–Kier alpha value is -1.55. The van der Waals surface area contributed by atoms with E-state index in [-0.39, 0.29) is 6.04 Å². The maximum absolute atomic E-state index is 9.17. The van der Waals surface area contributed by atoms with Crippen LogP contribution < -0.4 is 10.4 Å². The zero-order valence-electron chi connectivity index (χ0n) is 10.6. The third-order valence-corrected chi connectivity index (χ3v) is 4.27. The number of rotatable bonds is 3. The van der Waals surface area contributed by atoms with Crippen LogP contribution in [0.1, 0.15) is 19.3 Å². The van der Waals surface area contributed by atoms with Crippen LogP contribution >= 0.6 is 0 Å². The summed E-state index contributed by atoms with van der Waals surface area (Å²) in [7, 11) is 2.01. The number of fused-ring (bicyclic) bond motifs is 2. The molecule has 2 N–H and O–H groups in total. The maximum Gasteiger partial charge on any atom is 0.0791 e. The van der Waals surface area contributed by atoms with E-state index in [0.717, 1.165) is 11.4 Å². The molecule has 4 heteroatoms. The summed E-state index contributed by atoms with van der Waals surface area (Å²) >= 11 is 0. The molecule has 0 aromatic heterocycles. The molecule has 0 aliphatic heterocycles. The zero-order valence-corrected chi connectivity index (χ0v) is 10.6. The zero-order chi connectivity index (χ0) is 12.5. The summed E-state index contributed by atoms with van der Waals surface area (Å²) in [5.41, 5.74) is 5.53. The first kappa shape index (κ1) is 11.5. The van der Waals surface area contributed by atoms with Gasteiger partial charge >= 0.3 is 0 Å².